The number of rotatable bonds is 4. The van der Waals surface area contributed by atoms with Crippen LogP contribution in [-0.2, 0) is 12.3 Å². The van der Waals surface area contributed by atoms with Gasteiger partial charge in [0, 0.05) is 36.3 Å². The highest BCUT2D eigenvalue weighted by atomic mass is 35.5. The SMILES string of the molecule is CCCc1nccn1-c1cc(C)ncc1CCl. The minimum Gasteiger partial charge on any atom is -0.303 e. The second-order valence-corrected chi connectivity index (χ2v) is 4.32. The van der Waals surface area contributed by atoms with Crippen LogP contribution in [0.3, 0.4) is 0 Å². The maximum absolute atomic E-state index is 5.96. The molecule has 2 rings (SSSR count). The van der Waals surface area contributed by atoms with Gasteiger partial charge in [-0.2, -0.15) is 0 Å². The van der Waals surface area contributed by atoms with Gasteiger partial charge >= 0.3 is 0 Å². The van der Waals surface area contributed by atoms with E-state index >= 15 is 0 Å². The molecule has 0 atom stereocenters. The maximum atomic E-state index is 5.96. The molecule has 0 saturated carbocycles. The lowest BCUT2D eigenvalue weighted by Crippen LogP contribution is -2.04. The summed E-state index contributed by atoms with van der Waals surface area (Å²) in [7, 11) is 0. The van der Waals surface area contributed by atoms with Crippen LogP contribution in [0.1, 0.15) is 30.4 Å². The number of pyridine rings is 1. The van der Waals surface area contributed by atoms with E-state index in [0.717, 1.165) is 35.6 Å². The van der Waals surface area contributed by atoms with Crippen LogP contribution < -0.4 is 0 Å². The summed E-state index contributed by atoms with van der Waals surface area (Å²) in [4.78, 5) is 8.66. The molecule has 0 N–H and O–H groups in total. The second-order valence-electron chi connectivity index (χ2n) is 4.05. The van der Waals surface area contributed by atoms with Gasteiger partial charge in [-0.3, -0.25) is 4.98 Å². The van der Waals surface area contributed by atoms with Crippen molar-refractivity contribution in [2.45, 2.75) is 32.6 Å². The van der Waals surface area contributed by atoms with E-state index in [0.29, 0.717) is 5.88 Å². The van der Waals surface area contributed by atoms with Crippen LogP contribution >= 0.6 is 11.6 Å². The number of aryl methyl sites for hydroxylation is 2. The highest BCUT2D eigenvalue weighted by Crippen LogP contribution is 2.19. The molecule has 2 heterocycles. The molecule has 0 aliphatic carbocycles. The number of nitrogens with zero attached hydrogens (tertiary/aromatic N) is 3. The number of halogens is 1. The summed E-state index contributed by atoms with van der Waals surface area (Å²) in [5, 5.41) is 0. The molecule has 2 aromatic rings. The lowest BCUT2D eigenvalue weighted by Gasteiger charge is -2.11. The predicted molar refractivity (Wildman–Crippen MR) is 69.6 cm³/mol. The predicted octanol–water partition coefficient (Wildman–Crippen LogP) is 3.27. The maximum Gasteiger partial charge on any atom is 0.113 e. The highest BCUT2D eigenvalue weighted by molar-refractivity contribution is 6.17. The summed E-state index contributed by atoms with van der Waals surface area (Å²) in [5.41, 5.74) is 3.12. The van der Waals surface area contributed by atoms with Crippen molar-refractivity contribution in [3.63, 3.8) is 0 Å². The van der Waals surface area contributed by atoms with E-state index in [4.69, 9.17) is 11.6 Å². The average Bonchev–Trinajstić information content (AvgIpc) is 2.77. The molecule has 0 aliphatic heterocycles. The molecule has 2 aromatic heterocycles. The van der Waals surface area contributed by atoms with Gasteiger partial charge in [-0.1, -0.05) is 6.92 Å². The minimum absolute atomic E-state index is 0.465. The van der Waals surface area contributed by atoms with Crippen molar-refractivity contribution >= 4 is 11.6 Å². The van der Waals surface area contributed by atoms with Gasteiger partial charge in [-0.05, 0) is 19.4 Å². The Morgan fingerprint density at radius 1 is 1.35 bits per heavy atom. The van der Waals surface area contributed by atoms with E-state index in [1.807, 2.05) is 25.5 Å². The monoisotopic (exact) mass is 249 g/mol. The summed E-state index contributed by atoms with van der Waals surface area (Å²) in [6.45, 7) is 4.14. The summed E-state index contributed by atoms with van der Waals surface area (Å²) < 4.78 is 2.11. The fourth-order valence-corrected chi connectivity index (χ4v) is 2.07. The van der Waals surface area contributed by atoms with Gasteiger partial charge in [0.2, 0.25) is 0 Å². The third-order valence-corrected chi connectivity index (χ3v) is 2.98. The first-order chi connectivity index (χ1) is 8.26. The number of alkyl halides is 1. The molecule has 0 aromatic carbocycles. The van der Waals surface area contributed by atoms with Crippen molar-refractivity contribution < 1.29 is 0 Å². The fraction of sp³-hybridized carbons (Fsp3) is 0.385. The molecule has 0 fully saturated rings. The summed E-state index contributed by atoms with van der Waals surface area (Å²) in [5.74, 6) is 1.54. The largest absolute Gasteiger partial charge is 0.303 e. The van der Waals surface area contributed by atoms with Crippen LogP contribution in [-0.4, -0.2) is 14.5 Å². The Morgan fingerprint density at radius 3 is 2.88 bits per heavy atom. The van der Waals surface area contributed by atoms with Gasteiger partial charge in [0.25, 0.3) is 0 Å². The lowest BCUT2D eigenvalue weighted by atomic mass is 10.2. The molecule has 0 unspecified atom stereocenters. The number of imidazole rings is 1. The Hall–Kier alpha value is -1.35. The molecular formula is C13H16ClN3. The van der Waals surface area contributed by atoms with Crippen molar-refractivity contribution in [2.24, 2.45) is 0 Å². The van der Waals surface area contributed by atoms with E-state index in [2.05, 4.69) is 27.5 Å². The molecule has 0 radical (unpaired) electrons. The Morgan fingerprint density at radius 2 is 2.18 bits per heavy atom. The van der Waals surface area contributed by atoms with Crippen LogP contribution in [0.25, 0.3) is 5.69 Å². The van der Waals surface area contributed by atoms with Crippen molar-refractivity contribution in [1.29, 1.82) is 0 Å². The molecule has 4 heteroatoms. The lowest BCUT2D eigenvalue weighted by molar-refractivity contribution is 0.804. The van der Waals surface area contributed by atoms with Crippen LogP contribution in [0.15, 0.2) is 24.7 Å². The Bertz CT molecular complexity index is 505. The zero-order valence-electron chi connectivity index (χ0n) is 10.2. The minimum atomic E-state index is 0.465. The summed E-state index contributed by atoms with van der Waals surface area (Å²) >= 11 is 5.96. The Kier molecular flexibility index (Phi) is 3.79. The Balaban J connectivity index is 2.51. The molecule has 0 amide bonds. The standard InChI is InChI=1S/C13H16ClN3/c1-3-4-13-15-5-6-17(13)12-7-10(2)16-9-11(12)8-14/h5-7,9H,3-4,8H2,1-2H3. The van der Waals surface area contributed by atoms with Gasteiger partial charge < -0.3 is 4.57 Å². The highest BCUT2D eigenvalue weighted by Gasteiger charge is 2.09. The van der Waals surface area contributed by atoms with Gasteiger partial charge in [-0.25, -0.2) is 4.98 Å². The van der Waals surface area contributed by atoms with E-state index < -0.39 is 0 Å². The van der Waals surface area contributed by atoms with Gasteiger partial charge in [0.15, 0.2) is 0 Å². The smallest absolute Gasteiger partial charge is 0.113 e. The molecule has 3 nitrogen and oxygen atoms in total. The summed E-state index contributed by atoms with van der Waals surface area (Å²) in [6, 6.07) is 2.05. The van der Waals surface area contributed by atoms with Gasteiger partial charge in [0.1, 0.15) is 5.82 Å². The Labute approximate surface area is 106 Å². The van der Waals surface area contributed by atoms with E-state index in [-0.39, 0.29) is 0 Å². The molecule has 0 saturated heterocycles. The van der Waals surface area contributed by atoms with Crippen molar-refractivity contribution in [3.8, 4) is 5.69 Å². The first-order valence-electron chi connectivity index (χ1n) is 5.80. The zero-order chi connectivity index (χ0) is 12.3. The van der Waals surface area contributed by atoms with E-state index in [1.165, 1.54) is 0 Å². The van der Waals surface area contributed by atoms with Crippen molar-refractivity contribution in [1.82, 2.24) is 14.5 Å². The molecule has 0 spiro atoms. The normalized spacial score (nSPS) is 10.8. The molecule has 90 valence electrons. The average molecular weight is 250 g/mol. The number of aromatic nitrogens is 3. The fourth-order valence-electron chi connectivity index (χ4n) is 1.86. The van der Waals surface area contributed by atoms with Crippen molar-refractivity contribution in [2.75, 3.05) is 0 Å². The second kappa shape index (κ2) is 5.32. The van der Waals surface area contributed by atoms with Crippen LogP contribution in [0, 0.1) is 6.92 Å². The summed E-state index contributed by atoms with van der Waals surface area (Å²) in [6.07, 6.45) is 7.70. The molecule has 0 bridgehead atoms. The van der Waals surface area contributed by atoms with E-state index in [1.54, 1.807) is 0 Å². The zero-order valence-corrected chi connectivity index (χ0v) is 10.9. The van der Waals surface area contributed by atoms with Gasteiger partial charge in [-0.15, -0.1) is 11.6 Å². The van der Waals surface area contributed by atoms with Crippen molar-refractivity contribution in [3.05, 3.63) is 41.7 Å². The van der Waals surface area contributed by atoms with Crippen LogP contribution in [0.5, 0.6) is 0 Å². The molecular weight excluding hydrogens is 234 g/mol. The van der Waals surface area contributed by atoms with E-state index in [9.17, 15) is 0 Å². The molecule has 17 heavy (non-hydrogen) atoms. The third-order valence-electron chi connectivity index (χ3n) is 2.69. The first-order valence-corrected chi connectivity index (χ1v) is 6.33. The number of hydrogen-bond acceptors (Lipinski definition) is 2. The van der Waals surface area contributed by atoms with Gasteiger partial charge in [0.05, 0.1) is 11.6 Å². The topological polar surface area (TPSA) is 30.7 Å². The van der Waals surface area contributed by atoms with Crippen LogP contribution in [0.2, 0.25) is 0 Å². The first kappa shape index (κ1) is 12.1. The quantitative estimate of drug-likeness (QED) is 0.779. The third kappa shape index (κ3) is 2.50. The molecule has 0 aliphatic rings. The van der Waals surface area contributed by atoms with Crippen LogP contribution in [0.4, 0.5) is 0 Å². The number of hydrogen-bond donors (Lipinski definition) is 0.